The van der Waals surface area contributed by atoms with Gasteiger partial charge in [-0.15, -0.1) is 0 Å². The van der Waals surface area contributed by atoms with Crippen LogP contribution in [0, 0.1) is 12.8 Å². The van der Waals surface area contributed by atoms with Gasteiger partial charge in [0, 0.05) is 24.7 Å². The number of aromatic nitrogens is 2. The summed E-state index contributed by atoms with van der Waals surface area (Å²) in [7, 11) is 0. The highest BCUT2D eigenvalue weighted by atomic mass is 16.1. The Morgan fingerprint density at radius 2 is 1.90 bits per heavy atom. The van der Waals surface area contributed by atoms with E-state index in [4.69, 9.17) is 4.98 Å². The third kappa shape index (κ3) is 4.06. The third-order valence-corrected chi connectivity index (χ3v) is 7.13. The Kier molecular flexibility index (Phi) is 5.43. The van der Waals surface area contributed by atoms with Crippen molar-refractivity contribution in [1.82, 2.24) is 14.5 Å². The molecular weight excluding hydrogens is 382 g/mol. The molecule has 1 saturated heterocycles. The molecule has 0 radical (unpaired) electrons. The van der Waals surface area contributed by atoms with Gasteiger partial charge in [0.1, 0.15) is 5.82 Å². The Balaban J connectivity index is 1.62. The van der Waals surface area contributed by atoms with Crippen molar-refractivity contribution < 1.29 is 0 Å². The quantitative estimate of drug-likeness (QED) is 0.562. The summed E-state index contributed by atoms with van der Waals surface area (Å²) in [6, 6.07) is 15.2. The first-order valence-electron chi connectivity index (χ1n) is 11.9. The van der Waals surface area contributed by atoms with Gasteiger partial charge in [-0.1, -0.05) is 30.3 Å². The average Bonchev–Trinajstić information content (AvgIpc) is 3.61. The maximum Gasteiger partial charge on any atom is 0.261 e. The molecule has 4 heteroatoms. The van der Waals surface area contributed by atoms with Crippen LogP contribution in [0.15, 0.2) is 47.3 Å². The smallest absolute Gasteiger partial charge is 0.261 e. The van der Waals surface area contributed by atoms with Crippen LogP contribution in [0.25, 0.3) is 22.3 Å². The van der Waals surface area contributed by atoms with Crippen LogP contribution in [0.5, 0.6) is 0 Å². The Morgan fingerprint density at radius 1 is 1.10 bits per heavy atom. The summed E-state index contributed by atoms with van der Waals surface area (Å²) in [5, 5.41) is 0.776. The Bertz CT molecular complexity index is 1160. The number of hydrogen-bond acceptors (Lipinski definition) is 3. The van der Waals surface area contributed by atoms with Crippen molar-refractivity contribution in [3.63, 3.8) is 0 Å². The second-order valence-corrected chi connectivity index (χ2v) is 9.81. The molecule has 2 aromatic carbocycles. The van der Waals surface area contributed by atoms with Gasteiger partial charge in [0.2, 0.25) is 0 Å². The predicted octanol–water partition coefficient (Wildman–Crippen LogP) is 5.37. The molecule has 0 bridgehead atoms. The normalized spacial score (nSPS) is 19.9. The first-order valence-corrected chi connectivity index (χ1v) is 11.9. The molecule has 2 heterocycles. The van der Waals surface area contributed by atoms with Crippen molar-refractivity contribution in [2.45, 2.75) is 65.0 Å². The molecule has 3 aromatic rings. The lowest BCUT2D eigenvalue weighted by atomic mass is 9.96. The van der Waals surface area contributed by atoms with Crippen molar-refractivity contribution in [2.75, 3.05) is 13.1 Å². The van der Waals surface area contributed by atoms with Crippen molar-refractivity contribution >= 4 is 10.9 Å². The van der Waals surface area contributed by atoms with Gasteiger partial charge >= 0.3 is 0 Å². The average molecular weight is 416 g/mol. The van der Waals surface area contributed by atoms with Crippen LogP contribution in [0.4, 0.5) is 0 Å². The molecule has 1 unspecified atom stereocenters. The number of rotatable bonds is 5. The first-order chi connectivity index (χ1) is 15.0. The number of fused-ring (bicyclic) bond motifs is 1. The van der Waals surface area contributed by atoms with Gasteiger partial charge in [0.25, 0.3) is 5.56 Å². The molecule has 5 rings (SSSR count). The maximum absolute atomic E-state index is 13.8. The standard InChI is InChI=1S/C27H33N3O/c1-18(2)29-14-6-8-20(16-29)17-30-26(23-9-5-4-7-19(23)3)28-25-13-12-22(21-10-11-21)15-24(25)27(30)31/h4-5,7,9,12-13,15,18,20-21H,6,8,10-11,14,16-17H2,1-3H3. The summed E-state index contributed by atoms with van der Waals surface area (Å²) in [6.07, 6.45) is 4.84. The molecule has 162 valence electrons. The van der Waals surface area contributed by atoms with E-state index in [0.717, 1.165) is 47.5 Å². The molecule has 1 saturated carbocycles. The van der Waals surface area contributed by atoms with Crippen molar-refractivity contribution in [3.05, 3.63) is 63.9 Å². The summed E-state index contributed by atoms with van der Waals surface area (Å²) >= 11 is 0. The van der Waals surface area contributed by atoms with E-state index in [2.05, 4.69) is 56.0 Å². The Labute approximate surface area is 184 Å². The highest BCUT2D eigenvalue weighted by Gasteiger charge is 2.26. The molecule has 4 nitrogen and oxygen atoms in total. The molecule has 2 aliphatic rings. The minimum atomic E-state index is 0.118. The van der Waals surface area contributed by atoms with Gasteiger partial charge in [-0.05, 0) is 88.1 Å². The minimum absolute atomic E-state index is 0.118. The lowest BCUT2D eigenvalue weighted by Crippen LogP contribution is -2.42. The zero-order chi connectivity index (χ0) is 21.5. The van der Waals surface area contributed by atoms with Crippen LogP contribution in [0.3, 0.4) is 0 Å². The highest BCUT2D eigenvalue weighted by Crippen LogP contribution is 2.40. The molecule has 1 atom stereocenters. The lowest BCUT2D eigenvalue weighted by molar-refractivity contribution is 0.130. The molecule has 0 amide bonds. The van der Waals surface area contributed by atoms with E-state index in [1.807, 2.05) is 16.7 Å². The fraction of sp³-hybridized carbons (Fsp3) is 0.481. The highest BCUT2D eigenvalue weighted by molar-refractivity contribution is 5.81. The fourth-order valence-electron chi connectivity index (χ4n) is 5.08. The van der Waals surface area contributed by atoms with E-state index in [9.17, 15) is 4.79 Å². The van der Waals surface area contributed by atoms with E-state index >= 15 is 0 Å². The molecule has 2 fully saturated rings. The van der Waals surface area contributed by atoms with Gasteiger partial charge in [-0.2, -0.15) is 0 Å². The van der Waals surface area contributed by atoms with Gasteiger partial charge in [-0.25, -0.2) is 4.98 Å². The third-order valence-electron chi connectivity index (χ3n) is 7.13. The van der Waals surface area contributed by atoms with Crippen molar-refractivity contribution in [3.8, 4) is 11.4 Å². The number of nitrogens with zero attached hydrogens (tertiary/aromatic N) is 3. The summed E-state index contributed by atoms with van der Waals surface area (Å²) in [4.78, 5) is 21.4. The topological polar surface area (TPSA) is 38.1 Å². The lowest BCUT2D eigenvalue weighted by Gasteiger charge is -2.36. The number of hydrogen-bond donors (Lipinski definition) is 0. The molecular formula is C27H33N3O. The molecule has 1 aliphatic heterocycles. The molecule has 0 spiro atoms. The van der Waals surface area contributed by atoms with E-state index in [0.29, 0.717) is 17.9 Å². The van der Waals surface area contributed by atoms with Gasteiger partial charge < -0.3 is 4.90 Å². The Hall–Kier alpha value is -2.46. The second-order valence-electron chi connectivity index (χ2n) is 9.81. The van der Waals surface area contributed by atoms with E-state index in [1.54, 1.807) is 0 Å². The summed E-state index contributed by atoms with van der Waals surface area (Å²) in [5.74, 6) is 1.92. The van der Waals surface area contributed by atoms with Gasteiger partial charge in [-0.3, -0.25) is 9.36 Å². The summed E-state index contributed by atoms with van der Waals surface area (Å²) < 4.78 is 1.98. The van der Waals surface area contributed by atoms with E-state index < -0.39 is 0 Å². The van der Waals surface area contributed by atoms with Crippen LogP contribution in [0.1, 0.15) is 56.6 Å². The van der Waals surface area contributed by atoms with Crippen LogP contribution < -0.4 is 5.56 Å². The predicted molar refractivity (Wildman–Crippen MR) is 128 cm³/mol. The van der Waals surface area contributed by atoms with Crippen LogP contribution in [-0.4, -0.2) is 33.6 Å². The summed E-state index contributed by atoms with van der Waals surface area (Å²) in [6.45, 7) is 9.59. The second kappa shape index (κ2) is 8.23. The van der Waals surface area contributed by atoms with Crippen molar-refractivity contribution in [2.24, 2.45) is 5.92 Å². The largest absolute Gasteiger partial charge is 0.301 e. The van der Waals surface area contributed by atoms with E-state index in [-0.39, 0.29) is 5.56 Å². The first kappa shape index (κ1) is 20.4. The van der Waals surface area contributed by atoms with Crippen LogP contribution in [0.2, 0.25) is 0 Å². The molecule has 31 heavy (non-hydrogen) atoms. The molecule has 0 N–H and O–H groups in total. The Morgan fingerprint density at radius 3 is 2.65 bits per heavy atom. The van der Waals surface area contributed by atoms with Gasteiger partial charge in [0.15, 0.2) is 0 Å². The molecule has 1 aliphatic carbocycles. The van der Waals surface area contributed by atoms with Crippen molar-refractivity contribution in [1.29, 1.82) is 0 Å². The zero-order valence-electron chi connectivity index (χ0n) is 19.0. The minimum Gasteiger partial charge on any atom is -0.301 e. The van der Waals surface area contributed by atoms with Crippen LogP contribution in [-0.2, 0) is 6.54 Å². The number of likely N-dealkylation sites (tertiary alicyclic amines) is 1. The maximum atomic E-state index is 13.8. The number of piperidine rings is 1. The SMILES string of the molecule is Cc1ccccc1-c1nc2ccc(C3CC3)cc2c(=O)n1CC1CCCN(C(C)C)C1. The fourth-order valence-corrected chi connectivity index (χ4v) is 5.08. The van der Waals surface area contributed by atoms with Gasteiger partial charge in [0.05, 0.1) is 10.9 Å². The zero-order valence-corrected chi connectivity index (χ0v) is 19.0. The molecule has 1 aromatic heterocycles. The number of aryl methyl sites for hydroxylation is 1. The number of benzene rings is 2. The van der Waals surface area contributed by atoms with E-state index in [1.165, 1.54) is 31.2 Å². The van der Waals surface area contributed by atoms with Crippen LogP contribution >= 0.6 is 0 Å². The monoisotopic (exact) mass is 415 g/mol. The summed E-state index contributed by atoms with van der Waals surface area (Å²) in [5.41, 5.74) is 4.45.